The number of tetrazole rings is 1. The molecular formula is C15H21N5S. The zero-order valence-corrected chi connectivity index (χ0v) is 13.1. The van der Waals surface area contributed by atoms with Gasteiger partial charge in [-0.2, -0.15) is 11.8 Å². The van der Waals surface area contributed by atoms with Crippen LogP contribution >= 0.6 is 11.8 Å². The van der Waals surface area contributed by atoms with E-state index in [1.165, 1.54) is 30.6 Å². The summed E-state index contributed by atoms with van der Waals surface area (Å²) in [5.74, 6) is 1.31. The van der Waals surface area contributed by atoms with Gasteiger partial charge in [-0.05, 0) is 53.6 Å². The van der Waals surface area contributed by atoms with Crippen LogP contribution in [-0.2, 0) is 0 Å². The predicted molar refractivity (Wildman–Crippen MR) is 85.7 cm³/mol. The van der Waals surface area contributed by atoms with Gasteiger partial charge in [0.15, 0.2) is 0 Å². The molecule has 0 bridgehead atoms. The van der Waals surface area contributed by atoms with Crippen molar-refractivity contribution < 1.29 is 0 Å². The second-order valence-corrected chi connectivity index (χ2v) is 6.88. The molecule has 1 saturated heterocycles. The number of nitrogens with one attached hydrogen (secondary N) is 1. The van der Waals surface area contributed by atoms with Crippen LogP contribution in [0.5, 0.6) is 0 Å². The molecule has 1 N–H and O–H groups in total. The molecule has 2 atom stereocenters. The third-order valence-electron chi connectivity index (χ3n) is 3.91. The summed E-state index contributed by atoms with van der Waals surface area (Å²) >= 11 is 2.11. The number of rotatable bonds is 5. The van der Waals surface area contributed by atoms with Gasteiger partial charge in [-0.15, -0.1) is 5.10 Å². The highest BCUT2D eigenvalue weighted by molar-refractivity contribution is 7.99. The topological polar surface area (TPSA) is 55.6 Å². The van der Waals surface area contributed by atoms with Crippen molar-refractivity contribution in [1.29, 1.82) is 0 Å². The van der Waals surface area contributed by atoms with Gasteiger partial charge in [0.25, 0.3) is 0 Å². The van der Waals surface area contributed by atoms with E-state index in [-0.39, 0.29) is 0 Å². The number of nitrogens with zero attached hydrogens (tertiary/aromatic N) is 4. The highest BCUT2D eigenvalue weighted by Crippen LogP contribution is 2.25. The molecule has 0 saturated carbocycles. The van der Waals surface area contributed by atoms with E-state index >= 15 is 0 Å². The standard InChI is InChI=1S/C15H21N5S/c1-12(16-10-15-7-2-3-8-21-15)13-5-4-6-14(9-13)20-11-17-18-19-20/h4-6,9,11-12,15-16H,2-3,7-8,10H2,1H3. The first-order valence-corrected chi connectivity index (χ1v) is 8.56. The first kappa shape index (κ1) is 14.5. The Kier molecular flexibility index (Phi) is 4.87. The van der Waals surface area contributed by atoms with E-state index in [0.717, 1.165) is 17.5 Å². The fourth-order valence-electron chi connectivity index (χ4n) is 2.61. The predicted octanol–water partition coefficient (Wildman–Crippen LogP) is 2.60. The summed E-state index contributed by atoms with van der Waals surface area (Å²) in [5, 5.41) is 15.7. The number of thioether (sulfide) groups is 1. The van der Waals surface area contributed by atoms with E-state index in [1.54, 1.807) is 11.0 Å². The maximum atomic E-state index is 3.94. The first-order chi connectivity index (χ1) is 10.3. The molecule has 1 aliphatic rings. The molecule has 0 radical (unpaired) electrons. The Morgan fingerprint density at radius 2 is 2.38 bits per heavy atom. The van der Waals surface area contributed by atoms with Gasteiger partial charge in [-0.1, -0.05) is 18.6 Å². The molecular weight excluding hydrogens is 282 g/mol. The Morgan fingerprint density at radius 3 is 3.14 bits per heavy atom. The zero-order chi connectivity index (χ0) is 14.5. The lowest BCUT2D eigenvalue weighted by atomic mass is 10.1. The summed E-state index contributed by atoms with van der Waals surface area (Å²) in [6, 6.07) is 8.70. The van der Waals surface area contributed by atoms with E-state index in [4.69, 9.17) is 0 Å². The van der Waals surface area contributed by atoms with Crippen molar-refractivity contribution in [3.05, 3.63) is 36.2 Å². The van der Waals surface area contributed by atoms with Crippen LogP contribution in [0.15, 0.2) is 30.6 Å². The van der Waals surface area contributed by atoms with Crippen molar-refractivity contribution in [3.63, 3.8) is 0 Å². The molecule has 0 amide bonds. The van der Waals surface area contributed by atoms with Gasteiger partial charge < -0.3 is 5.32 Å². The number of aromatic nitrogens is 4. The molecule has 0 aliphatic carbocycles. The second kappa shape index (κ2) is 7.04. The Balaban J connectivity index is 1.61. The van der Waals surface area contributed by atoms with Gasteiger partial charge in [0.05, 0.1) is 5.69 Å². The maximum Gasteiger partial charge on any atom is 0.143 e. The summed E-state index contributed by atoms with van der Waals surface area (Å²) in [6.07, 6.45) is 5.72. The largest absolute Gasteiger partial charge is 0.309 e. The molecule has 1 aromatic heterocycles. The Labute approximate surface area is 129 Å². The molecule has 0 spiro atoms. The van der Waals surface area contributed by atoms with Crippen LogP contribution in [0.1, 0.15) is 37.8 Å². The molecule has 112 valence electrons. The average molecular weight is 303 g/mol. The summed E-state index contributed by atoms with van der Waals surface area (Å²) in [5.41, 5.74) is 2.27. The summed E-state index contributed by atoms with van der Waals surface area (Å²) in [7, 11) is 0. The highest BCUT2D eigenvalue weighted by Gasteiger charge is 2.15. The molecule has 5 nitrogen and oxygen atoms in total. The lowest BCUT2D eigenvalue weighted by molar-refractivity contribution is 0.538. The Hall–Kier alpha value is -1.40. The molecule has 1 aliphatic heterocycles. The fraction of sp³-hybridized carbons (Fsp3) is 0.533. The van der Waals surface area contributed by atoms with Crippen molar-refractivity contribution in [1.82, 2.24) is 25.5 Å². The molecule has 2 aromatic rings. The Morgan fingerprint density at radius 1 is 1.43 bits per heavy atom. The van der Waals surface area contributed by atoms with Crippen LogP contribution in [0.2, 0.25) is 0 Å². The van der Waals surface area contributed by atoms with Crippen molar-refractivity contribution in [3.8, 4) is 5.69 Å². The van der Waals surface area contributed by atoms with Gasteiger partial charge in [-0.3, -0.25) is 0 Å². The van der Waals surface area contributed by atoms with Crippen molar-refractivity contribution >= 4 is 11.8 Å². The van der Waals surface area contributed by atoms with Crippen molar-refractivity contribution in [2.45, 2.75) is 37.5 Å². The molecule has 3 rings (SSSR count). The minimum atomic E-state index is 0.337. The molecule has 1 fully saturated rings. The molecule has 2 heterocycles. The van der Waals surface area contributed by atoms with Crippen LogP contribution in [0, 0.1) is 0 Å². The van der Waals surface area contributed by atoms with Gasteiger partial charge >= 0.3 is 0 Å². The smallest absolute Gasteiger partial charge is 0.143 e. The summed E-state index contributed by atoms with van der Waals surface area (Å²) < 4.78 is 1.69. The minimum absolute atomic E-state index is 0.337. The normalized spacial score (nSPS) is 20.3. The minimum Gasteiger partial charge on any atom is -0.309 e. The van der Waals surface area contributed by atoms with Crippen molar-refractivity contribution in [2.24, 2.45) is 0 Å². The maximum absolute atomic E-state index is 3.94. The van der Waals surface area contributed by atoms with Crippen LogP contribution in [0.3, 0.4) is 0 Å². The molecule has 6 heteroatoms. The average Bonchev–Trinajstić information content (AvgIpc) is 3.08. The lowest BCUT2D eigenvalue weighted by Gasteiger charge is -2.24. The second-order valence-electron chi connectivity index (χ2n) is 5.47. The molecule has 1 aromatic carbocycles. The van der Waals surface area contributed by atoms with E-state index in [1.807, 2.05) is 6.07 Å². The van der Waals surface area contributed by atoms with Crippen LogP contribution < -0.4 is 5.32 Å². The van der Waals surface area contributed by atoms with Crippen molar-refractivity contribution in [2.75, 3.05) is 12.3 Å². The molecule has 21 heavy (non-hydrogen) atoms. The zero-order valence-electron chi connectivity index (χ0n) is 12.3. The summed E-state index contributed by atoms with van der Waals surface area (Å²) in [4.78, 5) is 0. The van der Waals surface area contributed by atoms with E-state index in [9.17, 15) is 0 Å². The van der Waals surface area contributed by atoms with Crippen LogP contribution in [0.4, 0.5) is 0 Å². The third kappa shape index (κ3) is 3.83. The molecule has 2 unspecified atom stereocenters. The van der Waals surface area contributed by atoms with Gasteiger partial charge in [0.1, 0.15) is 6.33 Å². The van der Waals surface area contributed by atoms with Crippen LogP contribution in [-0.4, -0.2) is 37.8 Å². The van der Waals surface area contributed by atoms with Crippen LogP contribution in [0.25, 0.3) is 5.69 Å². The fourth-order valence-corrected chi connectivity index (χ4v) is 3.86. The van der Waals surface area contributed by atoms with E-state index in [0.29, 0.717) is 6.04 Å². The third-order valence-corrected chi connectivity index (χ3v) is 5.31. The quantitative estimate of drug-likeness (QED) is 0.920. The summed E-state index contributed by atoms with van der Waals surface area (Å²) in [6.45, 7) is 3.30. The lowest BCUT2D eigenvalue weighted by Crippen LogP contribution is -2.29. The first-order valence-electron chi connectivity index (χ1n) is 7.51. The van der Waals surface area contributed by atoms with Gasteiger partial charge in [0.2, 0.25) is 0 Å². The monoisotopic (exact) mass is 303 g/mol. The van der Waals surface area contributed by atoms with E-state index < -0.39 is 0 Å². The SMILES string of the molecule is CC(NCC1CCCCS1)c1cccc(-n2cnnn2)c1. The number of hydrogen-bond acceptors (Lipinski definition) is 5. The number of hydrogen-bond donors (Lipinski definition) is 1. The van der Waals surface area contributed by atoms with E-state index in [2.05, 4.69) is 57.7 Å². The Bertz CT molecular complexity index is 551. The highest BCUT2D eigenvalue weighted by atomic mass is 32.2. The van der Waals surface area contributed by atoms with Gasteiger partial charge in [-0.25, -0.2) is 4.68 Å². The van der Waals surface area contributed by atoms with Gasteiger partial charge in [0, 0.05) is 17.8 Å². The number of benzene rings is 1.